The van der Waals surface area contributed by atoms with Crippen molar-refractivity contribution in [1.29, 1.82) is 0 Å². The molecule has 3 saturated heterocycles. The molecule has 2 aromatic carbocycles. The number of aliphatic hydroxyl groups is 1. The minimum Gasteiger partial charge on any atom is -1.00 e. The second-order valence-corrected chi connectivity index (χ2v) is 9.65. The van der Waals surface area contributed by atoms with Crippen molar-refractivity contribution in [3.63, 3.8) is 0 Å². The van der Waals surface area contributed by atoms with Gasteiger partial charge >= 0.3 is 0 Å². The van der Waals surface area contributed by atoms with E-state index in [0.29, 0.717) is 28.4 Å². The molecule has 8 heteroatoms. The van der Waals surface area contributed by atoms with E-state index in [0.717, 1.165) is 48.1 Å². The van der Waals surface area contributed by atoms with Crippen LogP contribution in [0.15, 0.2) is 67.4 Å². The molecule has 0 amide bonds. The highest BCUT2D eigenvalue weighted by Gasteiger charge is 2.54. The summed E-state index contributed by atoms with van der Waals surface area (Å²) in [6.07, 6.45) is 4.93. The molecule has 1 aromatic heterocycles. The smallest absolute Gasteiger partial charge is 0.278 e. The Morgan fingerprint density at radius 1 is 1.31 bits per heavy atom. The number of quaternary nitrogens is 1. The van der Waals surface area contributed by atoms with Gasteiger partial charge in [0.1, 0.15) is 24.4 Å². The maximum absolute atomic E-state index is 11.9. The van der Waals surface area contributed by atoms with Crippen LogP contribution in [0, 0.1) is 22.0 Å². The van der Waals surface area contributed by atoms with Crippen molar-refractivity contribution in [2.24, 2.45) is 11.8 Å². The summed E-state index contributed by atoms with van der Waals surface area (Å²) < 4.78 is 6.04. The summed E-state index contributed by atoms with van der Waals surface area (Å²) >= 11 is 0. The van der Waals surface area contributed by atoms with E-state index in [1.54, 1.807) is 25.4 Å². The lowest BCUT2D eigenvalue weighted by Crippen LogP contribution is -3.00. The number of rotatable bonds is 7. The van der Waals surface area contributed by atoms with E-state index in [2.05, 4.69) is 11.6 Å². The van der Waals surface area contributed by atoms with Gasteiger partial charge in [-0.2, -0.15) is 0 Å². The van der Waals surface area contributed by atoms with Crippen LogP contribution in [-0.4, -0.2) is 45.7 Å². The first-order valence-electron chi connectivity index (χ1n) is 11.8. The van der Waals surface area contributed by atoms with E-state index < -0.39 is 6.10 Å². The second-order valence-electron chi connectivity index (χ2n) is 9.65. The summed E-state index contributed by atoms with van der Waals surface area (Å²) in [6.45, 7) is 6.30. The summed E-state index contributed by atoms with van der Waals surface area (Å²) in [5.74, 6) is 1.52. The summed E-state index contributed by atoms with van der Waals surface area (Å²) in [5, 5.41) is 24.5. The van der Waals surface area contributed by atoms with E-state index >= 15 is 0 Å². The van der Waals surface area contributed by atoms with Crippen LogP contribution in [0.2, 0.25) is 0 Å². The monoisotopic (exact) mass is 495 g/mol. The van der Waals surface area contributed by atoms with Crippen molar-refractivity contribution in [3.05, 3.63) is 88.6 Å². The molecule has 0 saturated carbocycles. The van der Waals surface area contributed by atoms with Gasteiger partial charge in [0.05, 0.1) is 36.2 Å². The van der Waals surface area contributed by atoms with Crippen LogP contribution in [0.5, 0.6) is 5.75 Å². The molecule has 4 heterocycles. The van der Waals surface area contributed by atoms with Gasteiger partial charge in [0.25, 0.3) is 5.69 Å². The quantitative estimate of drug-likeness (QED) is 0.234. The molecule has 0 radical (unpaired) electrons. The van der Waals surface area contributed by atoms with Crippen LogP contribution in [0.3, 0.4) is 0 Å². The third-order valence-corrected chi connectivity index (χ3v) is 8.01. The van der Waals surface area contributed by atoms with Crippen LogP contribution >= 0.6 is 0 Å². The molecular weight excluding hydrogens is 466 g/mol. The zero-order valence-electron chi connectivity index (χ0n) is 19.7. The molecule has 5 atom stereocenters. The Balaban J connectivity index is 0.00000289. The largest absolute Gasteiger partial charge is 1.00 e. The fourth-order valence-electron chi connectivity index (χ4n) is 6.28. The van der Waals surface area contributed by atoms with Gasteiger partial charge in [0.2, 0.25) is 0 Å². The Morgan fingerprint density at radius 2 is 2.11 bits per heavy atom. The number of methoxy groups -OCH3 is 1. The summed E-state index contributed by atoms with van der Waals surface area (Å²) in [6, 6.07) is 14.5. The number of halogens is 1. The highest BCUT2D eigenvalue weighted by atomic mass is 35.5. The Labute approximate surface area is 211 Å². The predicted molar refractivity (Wildman–Crippen MR) is 130 cm³/mol. The van der Waals surface area contributed by atoms with Gasteiger partial charge in [-0.3, -0.25) is 15.1 Å². The SMILES string of the molecule is C=C[C@H]1C[N+]2(Cc3ccccc3[N+](=O)[O-])CC[C@H]1C[C@@H]2[C@@H](O)c1ccnc2ccc(OC)cc12.[Cl-]. The fourth-order valence-corrected chi connectivity index (χ4v) is 6.28. The number of pyridine rings is 1. The molecule has 184 valence electrons. The molecule has 0 spiro atoms. The van der Waals surface area contributed by atoms with Crippen LogP contribution < -0.4 is 17.1 Å². The standard InChI is InChI=1S/C27H30N3O4.ClH/c1-3-18-16-30(17-20-6-4-5-7-25(20)29(32)33)13-11-19(18)14-26(30)27(31)22-10-12-28-24-9-8-21(34-2)15-23(22)24;/h3-10,12,15,18-19,26-27,31H,1,11,13-14,16-17H2,2H3;1H/q+1;/p-1/t18-,19-,26+,27-,30?;/m0./s1. The first-order valence-corrected chi connectivity index (χ1v) is 11.8. The number of nitrogens with zero attached hydrogens (tertiary/aromatic N) is 3. The third kappa shape index (κ3) is 4.40. The molecule has 0 aliphatic carbocycles. The maximum atomic E-state index is 11.9. The Morgan fingerprint density at radius 3 is 2.86 bits per heavy atom. The van der Waals surface area contributed by atoms with Gasteiger partial charge in [-0.15, -0.1) is 6.58 Å². The van der Waals surface area contributed by atoms with Crippen LogP contribution in [0.25, 0.3) is 10.9 Å². The van der Waals surface area contributed by atoms with Crippen molar-refractivity contribution in [2.75, 3.05) is 20.2 Å². The molecule has 6 rings (SSSR count). The number of aliphatic hydroxyl groups excluding tert-OH is 1. The maximum Gasteiger partial charge on any atom is 0.278 e. The van der Waals surface area contributed by atoms with E-state index in [-0.39, 0.29) is 29.1 Å². The molecule has 1 unspecified atom stereocenters. The number of aromatic nitrogens is 1. The molecule has 3 aliphatic heterocycles. The molecule has 3 aliphatic rings. The van der Waals surface area contributed by atoms with Gasteiger partial charge in [0, 0.05) is 36.4 Å². The zero-order chi connectivity index (χ0) is 23.9. The summed E-state index contributed by atoms with van der Waals surface area (Å²) in [4.78, 5) is 15.9. The fraction of sp³-hybridized carbons (Fsp3) is 0.370. The molecule has 1 N–H and O–H groups in total. The number of para-hydroxylation sites is 1. The van der Waals surface area contributed by atoms with E-state index in [1.807, 2.05) is 42.5 Å². The molecule has 2 bridgehead atoms. The minimum absolute atomic E-state index is 0. The molecule has 3 aromatic rings. The van der Waals surface area contributed by atoms with Gasteiger partial charge in [-0.1, -0.05) is 18.2 Å². The number of fused-ring (bicyclic) bond motifs is 4. The van der Waals surface area contributed by atoms with Crippen molar-refractivity contribution in [2.45, 2.75) is 31.5 Å². The Bertz CT molecular complexity index is 1250. The first-order chi connectivity index (χ1) is 16.5. The van der Waals surface area contributed by atoms with E-state index in [9.17, 15) is 15.2 Å². The van der Waals surface area contributed by atoms with Gasteiger partial charge in [-0.25, -0.2) is 0 Å². The van der Waals surface area contributed by atoms with Gasteiger partial charge in [0.15, 0.2) is 0 Å². The van der Waals surface area contributed by atoms with Crippen LogP contribution in [0.4, 0.5) is 5.69 Å². The summed E-state index contributed by atoms with van der Waals surface area (Å²) in [5.41, 5.74) is 2.50. The molecular formula is C27H30ClN3O4. The van der Waals surface area contributed by atoms with E-state index in [4.69, 9.17) is 4.74 Å². The third-order valence-electron chi connectivity index (χ3n) is 8.01. The number of hydrogen-bond donors (Lipinski definition) is 1. The number of hydrogen-bond acceptors (Lipinski definition) is 5. The molecule has 7 nitrogen and oxygen atoms in total. The van der Waals surface area contributed by atoms with Gasteiger partial charge in [-0.05, 0) is 41.8 Å². The molecule has 35 heavy (non-hydrogen) atoms. The number of benzene rings is 2. The lowest BCUT2D eigenvalue weighted by molar-refractivity contribution is -0.985. The highest BCUT2D eigenvalue weighted by Crippen LogP contribution is 2.48. The molecule has 3 fully saturated rings. The lowest BCUT2D eigenvalue weighted by Gasteiger charge is -2.58. The van der Waals surface area contributed by atoms with Gasteiger partial charge < -0.3 is 26.7 Å². The van der Waals surface area contributed by atoms with E-state index in [1.165, 1.54) is 0 Å². The first kappa shape index (κ1) is 25.1. The minimum atomic E-state index is -0.728. The highest BCUT2D eigenvalue weighted by molar-refractivity contribution is 5.83. The summed E-state index contributed by atoms with van der Waals surface area (Å²) in [7, 11) is 1.63. The number of piperidine rings is 3. The lowest BCUT2D eigenvalue weighted by atomic mass is 9.71. The van der Waals surface area contributed by atoms with Crippen molar-refractivity contribution >= 4 is 16.6 Å². The Kier molecular flexibility index (Phi) is 7.12. The average molecular weight is 496 g/mol. The van der Waals surface area contributed by atoms with Crippen molar-refractivity contribution in [3.8, 4) is 5.75 Å². The van der Waals surface area contributed by atoms with Crippen LogP contribution in [-0.2, 0) is 6.54 Å². The normalized spacial score (nSPS) is 26.1. The second kappa shape index (κ2) is 9.93. The Hall–Kier alpha value is -3.00. The number of nitro benzene ring substituents is 1. The number of ether oxygens (including phenoxy) is 1. The zero-order valence-corrected chi connectivity index (χ0v) is 20.5. The average Bonchev–Trinajstić information content (AvgIpc) is 2.87. The predicted octanol–water partition coefficient (Wildman–Crippen LogP) is 1.80. The van der Waals surface area contributed by atoms with Crippen molar-refractivity contribution < 1.29 is 31.7 Å². The topological polar surface area (TPSA) is 85.5 Å². The number of nitro groups is 1. The van der Waals surface area contributed by atoms with Crippen molar-refractivity contribution in [1.82, 2.24) is 4.98 Å². The van der Waals surface area contributed by atoms with Crippen LogP contribution in [0.1, 0.15) is 30.1 Å².